The van der Waals surface area contributed by atoms with Crippen LogP contribution in [0, 0.1) is 0 Å². The fourth-order valence-corrected chi connectivity index (χ4v) is 2.29. The van der Waals surface area contributed by atoms with E-state index in [4.69, 9.17) is 11.6 Å². The molecule has 0 radical (unpaired) electrons. The van der Waals surface area contributed by atoms with Gasteiger partial charge in [0.05, 0.1) is 17.3 Å². The maximum Gasteiger partial charge on any atom is 0.272 e. The summed E-state index contributed by atoms with van der Waals surface area (Å²) in [6.07, 6.45) is 2.43. The quantitative estimate of drug-likeness (QED) is 0.789. The Hall–Kier alpha value is -1.92. The number of fused-ring (bicyclic) bond motifs is 1. The maximum atomic E-state index is 12.1. The summed E-state index contributed by atoms with van der Waals surface area (Å²) >= 11 is 5.76. The summed E-state index contributed by atoms with van der Waals surface area (Å²) in [7, 11) is 0. The Morgan fingerprint density at radius 3 is 3.15 bits per heavy atom. The first-order valence-corrected chi connectivity index (χ1v) is 6.77. The third-order valence-corrected chi connectivity index (χ3v) is 3.46. The second-order valence-corrected chi connectivity index (χ2v) is 5.04. The zero-order valence-electron chi connectivity index (χ0n) is 10.7. The number of hydrogen-bond donors (Lipinski definition) is 3. The van der Waals surface area contributed by atoms with Crippen LogP contribution in [0.5, 0.6) is 0 Å². The molecule has 0 atom stereocenters. The first kappa shape index (κ1) is 13.1. The molecule has 0 fully saturated rings. The molecular formula is C13H14ClN5O. The molecule has 104 valence electrons. The monoisotopic (exact) mass is 291 g/mol. The molecule has 3 heterocycles. The second kappa shape index (κ2) is 5.60. The van der Waals surface area contributed by atoms with E-state index in [9.17, 15) is 4.79 Å². The van der Waals surface area contributed by atoms with Crippen LogP contribution in [0.1, 0.15) is 27.4 Å². The molecule has 0 saturated carbocycles. The second-order valence-electron chi connectivity index (χ2n) is 4.61. The molecule has 1 aliphatic heterocycles. The first-order chi connectivity index (χ1) is 9.74. The highest BCUT2D eigenvalue weighted by Gasteiger charge is 2.21. The standard InChI is InChI=1S/C13H14ClN5O/c14-8-1-2-9(16-5-8)6-17-13(20)12-10-7-15-4-3-11(10)18-19-12/h1-2,5,15H,3-4,6-7H2,(H,17,20)(H,18,19). The molecular weight excluding hydrogens is 278 g/mol. The largest absolute Gasteiger partial charge is 0.345 e. The van der Waals surface area contributed by atoms with Gasteiger partial charge in [0.2, 0.25) is 0 Å². The molecule has 2 aromatic heterocycles. The van der Waals surface area contributed by atoms with Gasteiger partial charge in [-0.1, -0.05) is 11.6 Å². The molecule has 20 heavy (non-hydrogen) atoms. The zero-order chi connectivity index (χ0) is 13.9. The fraction of sp³-hybridized carbons (Fsp3) is 0.308. The topological polar surface area (TPSA) is 82.7 Å². The highest BCUT2D eigenvalue weighted by Crippen LogP contribution is 2.15. The smallest absolute Gasteiger partial charge is 0.272 e. The van der Waals surface area contributed by atoms with E-state index in [-0.39, 0.29) is 5.91 Å². The molecule has 6 nitrogen and oxygen atoms in total. The van der Waals surface area contributed by atoms with Crippen LogP contribution in [0.15, 0.2) is 18.3 Å². The number of amides is 1. The van der Waals surface area contributed by atoms with Gasteiger partial charge in [-0.25, -0.2) is 0 Å². The van der Waals surface area contributed by atoms with Crippen molar-refractivity contribution in [1.29, 1.82) is 0 Å². The van der Waals surface area contributed by atoms with Crippen LogP contribution < -0.4 is 10.6 Å². The van der Waals surface area contributed by atoms with Crippen LogP contribution in [-0.4, -0.2) is 27.6 Å². The Morgan fingerprint density at radius 1 is 1.45 bits per heavy atom. The van der Waals surface area contributed by atoms with E-state index in [0.29, 0.717) is 23.8 Å². The summed E-state index contributed by atoms with van der Waals surface area (Å²) in [4.78, 5) is 16.3. The lowest BCUT2D eigenvalue weighted by molar-refractivity contribution is 0.0944. The number of H-pyrrole nitrogens is 1. The Morgan fingerprint density at radius 2 is 2.35 bits per heavy atom. The van der Waals surface area contributed by atoms with E-state index < -0.39 is 0 Å². The molecule has 0 unspecified atom stereocenters. The van der Waals surface area contributed by atoms with E-state index in [0.717, 1.165) is 29.9 Å². The highest BCUT2D eigenvalue weighted by atomic mass is 35.5. The minimum Gasteiger partial charge on any atom is -0.345 e. The molecule has 0 bridgehead atoms. The average molecular weight is 292 g/mol. The van der Waals surface area contributed by atoms with Crippen molar-refractivity contribution in [2.24, 2.45) is 0 Å². The predicted octanol–water partition coefficient (Wildman–Crippen LogP) is 1.03. The number of aromatic amines is 1. The third-order valence-electron chi connectivity index (χ3n) is 3.24. The van der Waals surface area contributed by atoms with Gasteiger partial charge >= 0.3 is 0 Å². The fourth-order valence-electron chi connectivity index (χ4n) is 2.18. The lowest BCUT2D eigenvalue weighted by Crippen LogP contribution is -2.28. The summed E-state index contributed by atoms with van der Waals surface area (Å²) in [5.74, 6) is -0.192. The van der Waals surface area contributed by atoms with Gasteiger partial charge in [0.15, 0.2) is 5.69 Å². The molecule has 1 aliphatic rings. The van der Waals surface area contributed by atoms with Crippen molar-refractivity contribution in [3.63, 3.8) is 0 Å². The van der Waals surface area contributed by atoms with Crippen LogP contribution in [-0.2, 0) is 19.5 Å². The molecule has 3 N–H and O–H groups in total. The molecule has 0 spiro atoms. The number of pyridine rings is 1. The molecule has 0 aromatic carbocycles. The van der Waals surface area contributed by atoms with E-state index in [2.05, 4.69) is 25.8 Å². The van der Waals surface area contributed by atoms with Crippen LogP contribution in [0.4, 0.5) is 0 Å². The van der Waals surface area contributed by atoms with Crippen LogP contribution in [0.3, 0.4) is 0 Å². The van der Waals surface area contributed by atoms with Gasteiger partial charge in [0.25, 0.3) is 5.91 Å². The lowest BCUT2D eigenvalue weighted by atomic mass is 10.1. The normalized spacial score (nSPS) is 13.8. The number of carbonyl (C=O) groups is 1. The Balaban J connectivity index is 1.67. The number of aromatic nitrogens is 3. The van der Waals surface area contributed by atoms with Crippen molar-refractivity contribution >= 4 is 17.5 Å². The van der Waals surface area contributed by atoms with Crippen molar-refractivity contribution in [2.45, 2.75) is 19.5 Å². The van der Waals surface area contributed by atoms with Gasteiger partial charge in [-0.2, -0.15) is 5.10 Å². The minimum atomic E-state index is -0.192. The number of hydrogen-bond acceptors (Lipinski definition) is 4. The van der Waals surface area contributed by atoms with Gasteiger partial charge < -0.3 is 10.6 Å². The SMILES string of the molecule is O=C(NCc1ccc(Cl)cn1)c1n[nH]c2c1CNCC2. The third kappa shape index (κ3) is 2.66. The van der Waals surface area contributed by atoms with Gasteiger partial charge in [0.1, 0.15) is 0 Å². The highest BCUT2D eigenvalue weighted by molar-refractivity contribution is 6.30. The molecule has 0 aliphatic carbocycles. The van der Waals surface area contributed by atoms with Crippen LogP contribution in [0.2, 0.25) is 5.02 Å². The van der Waals surface area contributed by atoms with Gasteiger partial charge in [-0.3, -0.25) is 14.9 Å². The van der Waals surface area contributed by atoms with Gasteiger partial charge in [0, 0.05) is 37.0 Å². The van der Waals surface area contributed by atoms with Crippen molar-refractivity contribution in [3.8, 4) is 0 Å². The van der Waals surface area contributed by atoms with Gasteiger partial charge in [-0.05, 0) is 12.1 Å². The summed E-state index contributed by atoms with van der Waals surface area (Å²) < 4.78 is 0. The number of halogens is 1. The van der Waals surface area contributed by atoms with E-state index in [1.807, 2.05) is 0 Å². The Labute approximate surface area is 120 Å². The van der Waals surface area contributed by atoms with Crippen molar-refractivity contribution in [1.82, 2.24) is 25.8 Å². The lowest BCUT2D eigenvalue weighted by Gasteiger charge is -2.12. The average Bonchev–Trinajstić information content (AvgIpc) is 2.90. The number of nitrogens with one attached hydrogen (secondary N) is 3. The summed E-state index contributed by atoms with van der Waals surface area (Å²) in [5.41, 5.74) is 3.21. The zero-order valence-corrected chi connectivity index (χ0v) is 11.5. The summed E-state index contributed by atoms with van der Waals surface area (Å²) in [5, 5.41) is 13.7. The van der Waals surface area contributed by atoms with Crippen molar-refractivity contribution in [2.75, 3.05) is 6.54 Å². The number of carbonyl (C=O) groups excluding carboxylic acids is 1. The van der Waals surface area contributed by atoms with Crippen LogP contribution >= 0.6 is 11.6 Å². The van der Waals surface area contributed by atoms with E-state index in [1.165, 1.54) is 0 Å². The van der Waals surface area contributed by atoms with Crippen LogP contribution in [0.25, 0.3) is 0 Å². The minimum absolute atomic E-state index is 0.192. The molecule has 0 saturated heterocycles. The first-order valence-electron chi connectivity index (χ1n) is 6.39. The summed E-state index contributed by atoms with van der Waals surface area (Å²) in [6, 6.07) is 3.53. The summed E-state index contributed by atoms with van der Waals surface area (Å²) in [6.45, 7) is 1.93. The predicted molar refractivity (Wildman–Crippen MR) is 74.4 cm³/mol. The van der Waals surface area contributed by atoms with Crippen molar-refractivity contribution in [3.05, 3.63) is 46.0 Å². The van der Waals surface area contributed by atoms with Gasteiger partial charge in [-0.15, -0.1) is 0 Å². The molecule has 3 rings (SSSR count). The Kier molecular flexibility index (Phi) is 3.66. The molecule has 7 heteroatoms. The number of rotatable bonds is 3. The van der Waals surface area contributed by atoms with Crippen molar-refractivity contribution < 1.29 is 4.79 Å². The van der Waals surface area contributed by atoms with E-state index >= 15 is 0 Å². The molecule has 2 aromatic rings. The number of nitrogens with zero attached hydrogens (tertiary/aromatic N) is 2. The maximum absolute atomic E-state index is 12.1. The molecule has 1 amide bonds. The van der Waals surface area contributed by atoms with E-state index in [1.54, 1.807) is 18.3 Å². The Bertz CT molecular complexity index is 622.